The highest BCUT2D eigenvalue weighted by Crippen LogP contribution is 2.38. The number of amides is 1. The second kappa shape index (κ2) is 5.52. The molecule has 0 spiro atoms. The number of nitrogens with two attached hydrogens (primary N) is 1. The molecule has 0 saturated heterocycles. The van der Waals surface area contributed by atoms with Crippen LogP contribution in [0.1, 0.15) is 38.3 Å². The van der Waals surface area contributed by atoms with Gasteiger partial charge in [-0.3, -0.25) is 9.89 Å². The number of hydrogen-bond acceptors (Lipinski definition) is 3. The van der Waals surface area contributed by atoms with E-state index in [0.29, 0.717) is 19.0 Å². The van der Waals surface area contributed by atoms with Crippen molar-refractivity contribution < 1.29 is 4.79 Å². The lowest BCUT2D eigenvalue weighted by Gasteiger charge is -2.37. The molecule has 1 aliphatic rings. The third kappa shape index (κ3) is 2.72. The molecule has 1 aromatic heterocycles. The maximum absolute atomic E-state index is 12.3. The Kier molecular flexibility index (Phi) is 4.01. The predicted octanol–water partition coefficient (Wildman–Crippen LogP) is 1.18. The summed E-state index contributed by atoms with van der Waals surface area (Å²) in [6.45, 7) is 3.17. The molecule has 0 atom stereocenters. The van der Waals surface area contributed by atoms with E-state index in [2.05, 4.69) is 22.4 Å². The second-order valence-corrected chi connectivity index (χ2v) is 5.43. The molecule has 0 radical (unpaired) electrons. The summed E-state index contributed by atoms with van der Waals surface area (Å²) in [5.41, 5.74) is 6.41. The molecule has 1 aliphatic carbocycles. The topological polar surface area (TPSA) is 83.8 Å². The maximum atomic E-state index is 12.3. The highest BCUT2D eigenvalue weighted by molar-refractivity contribution is 5.82. The minimum Gasteiger partial charge on any atom is -0.350 e. The molecular formula is C13H22N4O. The molecular weight excluding hydrogens is 228 g/mol. The van der Waals surface area contributed by atoms with Gasteiger partial charge in [-0.25, -0.2) is 0 Å². The summed E-state index contributed by atoms with van der Waals surface area (Å²) < 4.78 is 0. The van der Waals surface area contributed by atoms with Crippen LogP contribution in [0, 0.1) is 11.3 Å². The molecule has 1 aromatic rings. The van der Waals surface area contributed by atoms with Crippen molar-refractivity contribution in [1.82, 2.24) is 15.5 Å². The van der Waals surface area contributed by atoms with Crippen molar-refractivity contribution in [2.75, 3.05) is 6.54 Å². The van der Waals surface area contributed by atoms with Crippen LogP contribution in [-0.4, -0.2) is 22.6 Å². The minimum absolute atomic E-state index is 0.0894. The molecule has 5 heteroatoms. The summed E-state index contributed by atoms with van der Waals surface area (Å²) in [6.07, 6.45) is 5.67. The van der Waals surface area contributed by atoms with E-state index in [4.69, 9.17) is 5.73 Å². The van der Waals surface area contributed by atoms with E-state index in [-0.39, 0.29) is 11.3 Å². The Hall–Kier alpha value is -1.36. The number of aromatic amines is 1. The van der Waals surface area contributed by atoms with E-state index in [1.807, 2.05) is 6.07 Å². The third-order valence-electron chi connectivity index (χ3n) is 4.10. The average molecular weight is 250 g/mol. The Bertz CT molecular complexity index is 380. The summed E-state index contributed by atoms with van der Waals surface area (Å²) >= 11 is 0. The first-order chi connectivity index (χ1) is 8.66. The quantitative estimate of drug-likeness (QED) is 0.750. The van der Waals surface area contributed by atoms with Crippen LogP contribution >= 0.6 is 0 Å². The minimum atomic E-state index is -0.355. The Morgan fingerprint density at radius 2 is 2.33 bits per heavy atom. The Balaban J connectivity index is 1.93. The molecule has 1 saturated carbocycles. The SMILES string of the molecule is CC1CCC(CN)(C(=O)NCc2ccn[nH]2)CC1. The van der Waals surface area contributed by atoms with Crippen LogP contribution in [0.5, 0.6) is 0 Å². The van der Waals surface area contributed by atoms with Crippen LogP contribution in [-0.2, 0) is 11.3 Å². The summed E-state index contributed by atoms with van der Waals surface area (Å²) in [4.78, 5) is 12.3. The van der Waals surface area contributed by atoms with E-state index in [1.165, 1.54) is 0 Å². The van der Waals surface area contributed by atoms with Crippen LogP contribution in [0.3, 0.4) is 0 Å². The first-order valence-electron chi connectivity index (χ1n) is 6.63. The lowest BCUT2D eigenvalue weighted by Crippen LogP contribution is -2.47. The van der Waals surface area contributed by atoms with Gasteiger partial charge in [-0.1, -0.05) is 6.92 Å². The van der Waals surface area contributed by atoms with Crippen LogP contribution in [0.4, 0.5) is 0 Å². The Morgan fingerprint density at radius 3 is 2.89 bits per heavy atom. The largest absolute Gasteiger partial charge is 0.350 e. The van der Waals surface area contributed by atoms with Crippen molar-refractivity contribution in [2.24, 2.45) is 17.1 Å². The van der Waals surface area contributed by atoms with E-state index in [0.717, 1.165) is 31.4 Å². The Labute approximate surface area is 108 Å². The van der Waals surface area contributed by atoms with Crippen LogP contribution in [0.15, 0.2) is 12.3 Å². The predicted molar refractivity (Wildman–Crippen MR) is 69.6 cm³/mol. The number of carbonyl (C=O) groups is 1. The van der Waals surface area contributed by atoms with Gasteiger partial charge in [0.1, 0.15) is 0 Å². The van der Waals surface area contributed by atoms with Gasteiger partial charge >= 0.3 is 0 Å². The summed E-state index contributed by atoms with van der Waals surface area (Å²) in [5, 5.41) is 9.67. The molecule has 5 nitrogen and oxygen atoms in total. The summed E-state index contributed by atoms with van der Waals surface area (Å²) in [7, 11) is 0. The maximum Gasteiger partial charge on any atom is 0.227 e. The summed E-state index contributed by atoms with van der Waals surface area (Å²) in [6, 6.07) is 1.86. The first kappa shape index (κ1) is 13.1. The molecule has 1 heterocycles. The molecule has 0 aliphatic heterocycles. The molecule has 1 amide bonds. The van der Waals surface area contributed by atoms with Gasteiger partial charge < -0.3 is 11.1 Å². The van der Waals surface area contributed by atoms with Gasteiger partial charge in [0.25, 0.3) is 0 Å². The molecule has 18 heavy (non-hydrogen) atoms. The smallest absolute Gasteiger partial charge is 0.227 e. The lowest BCUT2D eigenvalue weighted by atomic mass is 9.70. The van der Waals surface area contributed by atoms with Crippen molar-refractivity contribution in [2.45, 2.75) is 39.2 Å². The highest BCUT2D eigenvalue weighted by Gasteiger charge is 2.39. The molecule has 0 aromatic carbocycles. The zero-order valence-electron chi connectivity index (χ0n) is 10.9. The fourth-order valence-corrected chi connectivity index (χ4v) is 2.58. The van der Waals surface area contributed by atoms with Gasteiger partial charge in [-0.15, -0.1) is 0 Å². The van der Waals surface area contributed by atoms with Gasteiger partial charge in [0, 0.05) is 12.7 Å². The number of nitrogens with zero attached hydrogens (tertiary/aromatic N) is 1. The van der Waals surface area contributed by atoms with Crippen molar-refractivity contribution in [3.63, 3.8) is 0 Å². The van der Waals surface area contributed by atoms with Crippen LogP contribution in [0.2, 0.25) is 0 Å². The van der Waals surface area contributed by atoms with Crippen molar-refractivity contribution in [3.05, 3.63) is 18.0 Å². The number of nitrogens with one attached hydrogen (secondary N) is 2. The van der Waals surface area contributed by atoms with Crippen molar-refractivity contribution in [3.8, 4) is 0 Å². The number of rotatable bonds is 4. The van der Waals surface area contributed by atoms with Crippen LogP contribution in [0.25, 0.3) is 0 Å². The second-order valence-electron chi connectivity index (χ2n) is 5.43. The number of hydrogen-bond donors (Lipinski definition) is 3. The molecule has 2 rings (SSSR count). The molecule has 0 unspecified atom stereocenters. The highest BCUT2D eigenvalue weighted by atomic mass is 16.2. The fraction of sp³-hybridized carbons (Fsp3) is 0.692. The monoisotopic (exact) mass is 250 g/mol. The van der Waals surface area contributed by atoms with Gasteiger partial charge in [-0.2, -0.15) is 5.10 Å². The zero-order valence-corrected chi connectivity index (χ0v) is 10.9. The fourth-order valence-electron chi connectivity index (χ4n) is 2.58. The van der Waals surface area contributed by atoms with Gasteiger partial charge in [0.05, 0.1) is 17.7 Å². The van der Waals surface area contributed by atoms with E-state index >= 15 is 0 Å². The third-order valence-corrected chi connectivity index (χ3v) is 4.10. The van der Waals surface area contributed by atoms with E-state index in [9.17, 15) is 4.79 Å². The molecule has 1 fully saturated rings. The standard InChI is InChI=1S/C13H22N4O/c1-10-2-5-13(9-14,6-3-10)12(18)15-8-11-4-7-16-17-11/h4,7,10H,2-3,5-6,8-9,14H2,1H3,(H,15,18)(H,16,17). The van der Waals surface area contributed by atoms with Crippen molar-refractivity contribution >= 4 is 5.91 Å². The average Bonchev–Trinajstić information content (AvgIpc) is 2.90. The lowest BCUT2D eigenvalue weighted by molar-refractivity contribution is -0.133. The van der Waals surface area contributed by atoms with Gasteiger partial charge in [-0.05, 0) is 37.7 Å². The first-order valence-corrected chi connectivity index (χ1v) is 6.63. The number of carbonyl (C=O) groups excluding carboxylic acids is 1. The summed E-state index contributed by atoms with van der Waals surface area (Å²) in [5.74, 6) is 0.802. The number of H-pyrrole nitrogens is 1. The Morgan fingerprint density at radius 1 is 1.61 bits per heavy atom. The molecule has 100 valence electrons. The van der Waals surface area contributed by atoms with Gasteiger partial charge in [0.2, 0.25) is 5.91 Å². The zero-order chi connectivity index (χ0) is 13.0. The number of aromatic nitrogens is 2. The molecule has 0 bridgehead atoms. The van der Waals surface area contributed by atoms with E-state index < -0.39 is 0 Å². The van der Waals surface area contributed by atoms with E-state index in [1.54, 1.807) is 6.20 Å². The van der Waals surface area contributed by atoms with Gasteiger partial charge in [0.15, 0.2) is 0 Å². The normalized spacial score (nSPS) is 28.0. The van der Waals surface area contributed by atoms with Crippen LogP contribution < -0.4 is 11.1 Å². The van der Waals surface area contributed by atoms with Crippen molar-refractivity contribution in [1.29, 1.82) is 0 Å². The molecule has 4 N–H and O–H groups in total.